The predicted molar refractivity (Wildman–Crippen MR) is 62.8 cm³/mol. The molecule has 1 aliphatic rings. The van der Waals surface area contributed by atoms with Gasteiger partial charge in [-0.05, 0) is 12.8 Å². The van der Waals surface area contributed by atoms with Crippen LogP contribution in [0.25, 0.3) is 0 Å². The lowest BCUT2D eigenvalue weighted by molar-refractivity contribution is -0.193. The van der Waals surface area contributed by atoms with Crippen LogP contribution in [0.5, 0.6) is 0 Å². The Labute approximate surface area is 122 Å². The number of amides is 1. The Morgan fingerprint density at radius 3 is 1.45 bits per heavy atom. The van der Waals surface area contributed by atoms with Crippen LogP contribution in [0.3, 0.4) is 0 Å². The zero-order valence-electron chi connectivity index (χ0n) is 11.6. The Hall–Kier alpha value is -1.61. The molecule has 0 aromatic rings. The third-order valence-corrected chi connectivity index (χ3v) is 2.73. The third kappa shape index (κ3) is 7.99. The van der Waals surface area contributed by atoms with E-state index >= 15 is 0 Å². The maximum absolute atomic E-state index is 11.2. The van der Waals surface area contributed by atoms with E-state index in [2.05, 4.69) is 5.32 Å². The molecule has 0 heterocycles. The highest BCUT2D eigenvalue weighted by Crippen LogP contribution is 2.24. The van der Waals surface area contributed by atoms with Crippen LogP contribution in [0.15, 0.2) is 0 Å². The van der Waals surface area contributed by atoms with Crippen molar-refractivity contribution in [1.82, 2.24) is 5.32 Å². The van der Waals surface area contributed by atoms with Gasteiger partial charge in [-0.3, -0.25) is 14.4 Å². The average molecular weight is 335 g/mol. The van der Waals surface area contributed by atoms with Crippen molar-refractivity contribution < 1.29 is 40.7 Å². The van der Waals surface area contributed by atoms with Crippen LogP contribution in [0, 0.1) is 0 Å². The number of hydrogen-bond donors (Lipinski definition) is 1. The second-order valence-electron chi connectivity index (χ2n) is 4.69. The van der Waals surface area contributed by atoms with E-state index in [0.717, 1.165) is 0 Å². The van der Waals surface area contributed by atoms with Crippen molar-refractivity contribution in [3.63, 3.8) is 0 Å². The molecule has 10 heteroatoms. The number of nitrogens with one attached hydrogen (secondary N) is 1. The lowest BCUT2D eigenvalue weighted by atomic mass is 9.95. The first-order chi connectivity index (χ1) is 9.85. The molecule has 0 aliphatic heterocycles. The molecule has 0 saturated heterocycles. The van der Waals surface area contributed by atoms with Crippen LogP contribution in [-0.2, 0) is 14.4 Å². The monoisotopic (exact) mass is 335 g/mol. The first-order valence-electron chi connectivity index (χ1n) is 6.35. The highest BCUT2D eigenvalue weighted by Gasteiger charge is 2.54. The Balaban J connectivity index is 0.000000406. The fraction of sp³-hybridized carbons (Fsp3) is 0.750. The van der Waals surface area contributed by atoms with Crippen molar-refractivity contribution in [1.29, 1.82) is 0 Å². The summed E-state index contributed by atoms with van der Waals surface area (Å²) >= 11 is 0. The smallest absolute Gasteiger partial charge is 0.354 e. The van der Waals surface area contributed by atoms with E-state index < -0.39 is 23.9 Å². The topological polar surface area (TPSA) is 63.2 Å². The summed E-state index contributed by atoms with van der Waals surface area (Å²) in [4.78, 5) is 29.8. The van der Waals surface area contributed by atoms with E-state index in [0.29, 0.717) is 6.04 Å². The summed E-state index contributed by atoms with van der Waals surface area (Å²) in [5, 5.41) is 2.94. The van der Waals surface area contributed by atoms with E-state index in [4.69, 9.17) is 0 Å². The second-order valence-corrected chi connectivity index (χ2v) is 4.69. The molecule has 22 heavy (non-hydrogen) atoms. The molecule has 1 amide bonds. The fourth-order valence-electron chi connectivity index (χ4n) is 1.79. The van der Waals surface area contributed by atoms with Gasteiger partial charge in [-0.1, -0.05) is 19.3 Å². The molecule has 4 nitrogen and oxygen atoms in total. The Bertz CT molecular complexity index is 386. The molecule has 1 saturated carbocycles. The molecule has 0 radical (unpaired) electrons. The number of hydrogen-bond acceptors (Lipinski definition) is 3. The maximum atomic E-state index is 11.2. The predicted octanol–water partition coefficient (Wildman–Crippen LogP) is 2.70. The van der Waals surface area contributed by atoms with Gasteiger partial charge in [0.2, 0.25) is 5.91 Å². The number of carbonyl (C=O) groups is 3. The molecular weight excluding hydrogens is 320 g/mol. The van der Waals surface area contributed by atoms with E-state index in [1.807, 2.05) is 0 Å². The van der Waals surface area contributed by atoms with E-state index in [-0.39, 0.29) is 5.91 Å². The number of rotatable bonds is 2. The normalized spacial score (nSPS) is 16.3. The van der Waals surface area contributed by atoms with E-state index in [1.54, 1.807) is 6.92 Å². The van der Waals surface area contributed by atoms with E-state index in [9.17, 15) is 40.7 Å². The Morgan fingerprint density at radius 2 is 1.18 bits per heavy atom. The van der Waals surface area contributed by atoms with Gasteiger partial charge >= 0.3 is 23.9 Å². The number of carbonyl (C=O) groups excluding carboxylic acids is 3. The van der Waals surface area contributed by atoms with Gasteiger partial charge in [-0.15, -0.1) is 0 Å². The van der Waals surface area contributed by atoms with Gasteiger partial charge in [0.05, 0.1) is 0 Å². The molecular formula is C12H15F6NO3. The highest BCUT2D eigenvalue weighted by atomic mass is 19.4. The zero-order valence-corrected chi connectivity index (χ0v) is 11.6. The van der Waals surface area contributed by atoms with Gasteiger partial charge in [0.15, 0.2) is 0 Å². The molecule has 0 unspecified atom stereocenters. The summed E-state index contributed by atoms with van der Waals surface area (Å²) in [5.41, 5.74) is 0. The summed E-state index contributed by atoms with van der Waals surface area (Å²) in [6, 6.07) is 0.478. The van der Waals surface area contributed by atoms with Gasteiger partial charge in [-0.2, -0.15) is 26.3 Å². The van der Waals surface area contributed by atoms with Crippen LogP contribution in [0.1, 0.15) is 39.0 Å². The summed E-state index contributed by atoms with van der Waals surface area (Å²) in [7, 11) is 0. The van der Waals surface area contributed by atoms with Crippen LogP contribution >= 0.6 is 0 Å². The second kappa shape index (κ2) is 8.14. The molecule has 1 rings (SSSR count). The number of Topliss-reactive ketones (excluding diaryl/α,β-unsaturated/α-hetero) is 2. The molecule has 0 atom stereocenters. The molecule has 0 bridgehead atoms. The molecule has 0 aromatic carbocycles. The minimum atomic E-state index is -5.77. The Morgan fingerprint density at radius 1 is 0.818 bits per heavy atom. The lowest BCUT2D eigenvalue weighted by Crippen LogP contribution is -2.39. The summed E-state index contributed by atoms with van der Waals surface area (Å²) in [6.07, 6.45) is -5.27. The SMILES string of the molecule is CC(=O)NC1CCCCC1.O=C(C(=O)C(F)(F)F)C(F)(F)F. The van der Waals surface area contributed by atoms with Gasteiger partial charge in [0, 0.05) is 13.0 Å². The lowest BCUT2D eigenvalue weighted by Gasteiger charge is -2.21. The average Bonchev–Trinajstić information content (AvgIpc) is 2.36. The first kappa shape index (κ1) is 20.4. The molecule has 1 N–H and O–H groups in total. The molecule has 1 fully saturated rings. The van der Waals surface area contributed by atoms with Gasteiger partial charge in [0.1, 0.15) is 0 Å². The van der Waals surface area contributed by atoms with Crippen molar-refractivity contribution >= 4 is 17.5 Å². The van der Waals surface area contributed by atoms with Crippen molar-refractivity contribution in [2.75, 3.05) is 0 Å². The third-order valence-electron chi connectivity index (χ3n) is 2.73. The molecule has 128 valence electrons. The van der Waals surface area contributed by atoms with E-state index in [1.165, 1.54) is 32.1 Å². The number of alkyl halides is 6. The van der Waals surface area contributed by atoms with Crippen molar-refractivity contribution in [2.24, 2.45) is 0 Å². The van der Waals surface area contributed by atoms with Gasteiger partial charge in [0.25, 0.3) is 0 Å². The maximum Gasteiger partial charge on any atom is 0.458 e. The number of halogens is 6. The van der Waals surface area contributed by atoms with Crippen molar-refractivity contribution in [3.05, 3.63) is 0 Å². The van der Waals surface area contributed by atoms with Crippen molar-refractivity contribution in [2.45, 2.75) is 57.4 Å². The van der Waals surface area contributed by atoms with Crippen molar-refractivity contribution in [3.8, 4) is 0 Å². The molecule has 1 aliphatic carbocycles. The fourth-order valence-corrected chi connectivity index (χ4v) is 1.79. The summed E-state index contributed by atoms with van der Waals surface area (Å²) in [6.45, 7) is 1.59. The zero-order chi connectivity index (χ0) is 17.6. The minimum absolute atomic E-state index is 0.118. The largest absolute Gasteiger partial charge is 0.458 e. The molecule has 0 aromatic heterocycles. The standard InChI is InChI=1S/C8H15NO.C4F6O2/c1-7(10)9-8-5-3-2-4-6-8;5-3(6,7)1(11)2(12)4(8,9)10/h8H,2-6H2,1H3,(H,9,10);. The van der Waals surface area contributed by atoms with Crippen LogP contribution in [-0.4, -0.2) is 35.9 Å². The van der Waals surface area contributed by atoms with Gasteiger partial charge < -0.3 is 5.32 Å². The van der Waals surface area contributed by atoms with Crippen LogP contribution in [0.4, 0.5) is 26.3 Å². The first-order valence-corrected chi connectivity index (χ1v) is 6.35. The van der Waals surface area contributed by atoms with Gasteiger partial charge in [-0.25, -0.2) is 0 Å². The van der Waals surface area contributed by atoms with Crippen LogP contribution < -0.4 is 5.32 Å². The van der Waals surface area contributed by atoms with Crippen LogP contribution in [0.2, 0.25) is 0 Å². The minimum Gasteiger partial charge on any atom is -0.354 e. The number of ketones is 2. The highest BCUT2D eigenvalue weighted by molar-refractivity contribution is 6.41. The quantitative estimate of drug-likeness (QED) is 0.623. The molecule has 0 spiro atoms. The summed E-state index contributed by atoms with van der Waals surface area (Å²) in [5.74, 6) is -6.70. The Kier molecular flexibility index (Phi) is 7.54. The summed E-state index contributed by atoms with van der Waals surface area (Å²) < 4.78 is 67.0.